The van der Waals surface area contributed by atoms with Gasteiger partial charge in [0.05, 0.1) is 0 Å². The van der Waals surface area contributed by atoms with Gasteiger partial charge in [-0.2, -0.15) is 5.26 Å². The first-order valence-corrected chi connectivity index (χ1v) is 8.63. The summed E-state index contributed by atoms with van der Waals surface area (Å²) in [4.78, 5) is 17.3. The molecule has 0 amide bonds. The number of aromatic amines is 1. The van der Waals surface area contributed by atoms with Gasteiger partial charge in [0.1, 0.15) is 11.6 Å². The molecule has 0 spiro atoms. The Kier molecular flexibility index (Phi) is 5.12. The minimum Gasteiger partial charge on any atom is -0.325 e. The zero-order valence-electron chi connectivity index (χ0n) is 14.1. The molecule has 2 aromatic rings. The number of aryl methyl sites for hydroxylation is 1. The molecule has 4 nitrogen and oxygen atoms in total. The summed E-state index contributed by atoms with van der Waals surface area (Å²) in [6, 6.07) is 12.1. The molecule has 1 fully saturated rings. The van der Waals surface area contributed by atoms with Crippen LogP contribution in [0.1, 0.15) is 42.5 Å². The van der Waals surface area contributed by atoms with Crippen LogP contribution >= 0.6 is 0 Å². The summed E-state index contributed by atoms with van der Waals surface area (Å²) < 4.78 is 0. The molecule has 1 saturated heterocycles. The molecule has 0 saturated carbocycles. The van der Waals surface area contributed by atoms with E-state index in [4.69, 9.17) is 0 Å². The van der Waals surface area contributed by atoms with Gasteiger partial charge in [0, 0.05) is 17.8 Å². The normalized spacial score (nSPS) is 15.7. The highest BCUT2D eigenvalue weighted by Crippen LogP contribution is 2.27. The predicted molar refractivity (Wildman–Crippen MR) is 95.7 cm³/mol. The smallest absolute Gasteiger partial charge is 0.266 e. The molecular weight excluding hydrogens is 298 g/mol. The molecule has 1 aromatic heterocycles. The summed E-state index contributed by atoms with van der Waals surface area (Å²) in [7, 11) is 0. The molecule has 2 heterocycles. The molecular formula is C20H23N3O. The van der Waals surface area contributed by atoms with Gasteiger partial charge in [0.15, 0.2) is 0 Å². The molecule has 1 aliphatic heterocycles. The molecule has 0 unspecified atom stereocenters. The summed E-state index contributed by atoms with van der Waals surface area (Å²) in [6.07, 6.45) is 5.11. The standard InChI is InChI=1S/C20H23N3O/c1-15-12-18(19(13-21)20(24)22-15)17-9-5-4-8-16(17)14-23-10-6-2-3-7-11-23/h4-5,8-9,12H,2-3,6-7,10-11,14H2,1H3,(H,22,24). The third-order valence-electron chi connectivity index (χ3n) is 4.68. The topological polar surface area (TPSA) is 59.9 Å². The SMILES string of the molecule is Cc1cc(-c2ccccc2CN2CCCCCC2)c(C#N)c(=O)[nH]1. The molecule has 4 heteroatoms. The van der Waals surface area contributed by atoms with Gasteiger partial charge in [0.2, 0.25) is 0 Å². The van der Waals surface area contributed by atoms with Crippen molar-refractivity contribution in [3.63, 3.8) is 0 Å². The number of benzene rings is 1. The van der Waals surface area contributed by atoms with Crippen molar-refractivity contribution in [1.82, 2.24) is 9.88 Å². The zero-order chi connectivity index (χ0) is 16.9. The second-order valence-corrected chi connectivity index (χ2v) is 6.53. The first-order chi connectivity index (χ1) is 11.7. The lowest BCUT2D eigenvalue weighted by molar-refractivity contribution is 0.277. The van der Waals surface area contributed by atoms with Crippen LogP contribution in [0.4, 0.5) is 0 Å². The second kappa shape index (κ2) is 7.46. The van der Waals surface area contributed by atoms with Crippen LogP contribution in [0.2, 0.25) is 0 Å². The number of hydrogen-bond donors (Lipinski definition) is 1. The summed E-state index contributed by atoms with van der Waals surface area (Å²) >= 11 is 0. The highest BCUT2D eigenvalue weighted by atomic mass is 16.1. The van der Waals surface area contributed by atoms with E-state index in [9.17, 15) is 10.1 Å². The van der Waals surface area contributed by atoms with Crippen LogP contribution in [-0.4, -0.2) is 23.0 Å². The Labute approximate surface area is 142 Å². The Morgan fingerprint density at radius 2 is 1.83 bits per heavy atom. The fourth-order valence-electron chi connectivity index (χ4n) is 3.47. The average molecular weight is 321 g/mol. The van der Waals surface area contributed by atoms with Crippen molar-refractivity contribution < 1.29 is 0 Å². The third-order valence-corrected chi connectivity index (χ3v) is 4.68. The number of rotatable bonds is 3. The lowest BCUT2D eigenvalue weighted by atomic mass is 9.96. The van der Waals surface area contributed by atoms with E-state index < -0.39 is 0 Å². The zero-order valence-corrected chi connectivity index (χ0v) is 14.1. The van der Waals surface area contributed by atoms with Crippen molar-refractivity contribution in [3.05, 3.63) is 57.5 Å². The van der Waals surface area contributed by atoms with Crippen LogP contribution in [0, 0.1) is 18.3 Å². The van der Waals surface area contributed by atoms with Gasteiger partial charge < -0.3 is 4.98 Å². The predicted octanol–water partition coefficient (Wildman–Crippen LogP) is 3.60. The van der Waals surface area contributed by atoms with Gasteiger partial charge in [-0.05, 0) is 50.0 Å². The highest BCUT2D eigenvalue weighted by Gasteiger charge is 2.16. The molecule has 1 aromatic carbocycles. The van der Waals surface area contributed by atoms with Gasteiger partial charge in [-0.3, -0.25) is 9.69 Å². The Morgan fingerprint density at radius 1 is 1.12 bits per heavy atom. The molecule has 0 aliphatic carbocycles. The van der Waals surface area contributed by atoms with Crippen molar-refractivity contribution in [3.8, 4) is 17.2 Å². The van der Waals surface area contributed by atoms with Crippen molar-refractivity contribution in [2.45, 2.75) is 39.2 Å². The number of H-pyrrole nitrogens is 1. The molecule has 0 atom stereocenters. The van der Waals surface area contributed by atoms with Crippen molar-refractivity contribution in [1.29, 1.82) is 5.26 Å². The fraction of sp³-hybridized carbons (Fsp3) is 0.400. The first kappa shape index (κ1) is 16.5. The molecule has 1 aliphatic rings. The van der Waals surface area contributed by atoms with Crippen LogP contribution < -0.4 is 5.56 Å². The number of aromatic nitrogens is 1. The van der Waals surface area contributed by atoms with E-state index in [-0.39, 0.29) is 11.1 Å². The Hall–Kier alpha value is -2.38. The number of nitrogens with zero attached hydrogens (tertiary/aromatic N) is 2. The lowest BCUT2D eigenvalue weighted by Crippen LogP contribution is -2.24. The van der Waals surface area contributed by atoms with Crippen LogP contribution in [0.3, 0.4) is 0 Å². The van der Waals surface area contributed by atoms with E-state index in [0.717, 1.165) is 36.5 Å². The van der Waals surface area contributed by atoms with Crippen LogP contribution in [0.25, 0.3) is 11.1 Å². The van der Waals surface area contributed by atoms with Gasteiger partial charge in [0.25, 0.3) is 5.56 Å². The maximum atomic E-state index is 12.1. The number of likely N-dealkylation sites (tertiary alicyclic amines) is 1. The summed E-state index contributed by atoms with van der Waals surface area (Å²) in [5.41, 5.74) is 3.58. The number of pyridine rings is 1. The summed E-state index contributed by atoms with van der Waals surface area (Å²) in [6.45, 7) is 4.96. The van der Waals surface area contributed by atoms with E-state index in [2.05, 4.69) is 22.0 Å². The monoisotopic (exact) mass is 321 g/mol. The average Bonchev–Trinajstić information content (AvgIpc) is 2.83. The van der Waals surface area contributed by atoms with Crippen molar-refractivity contribution in [2.75, 3.05) is 13.1 Å². The quantitative estimate of drug-likeness (QED) is 0.939. The second-order valence-electron chi connectivity index (χ2n) is 6.53. The fourth-order valence-corrected chi connectivity index (χ4v) is 3.47. The Bertz CT molecular complexity index is 808. The maximum absolute atomic E-state index is 12.1. The number of nitrogens with one attached hydrogen (secondary N) is 1. The highest BCUT2D eigenvalue weighted by molar-refractivity contribution is 5.73. The Balaban J connectivity index is 2.01. The molecule has 1 N–H and O–H groups in total. The van der Waals surface area contributed by atoms with E-state index in [0.29, 0.717) is 0 Å². The van der Waals surface area contributed by atoms with Crippen molar-refractivity contribution in [2.24, 2.45) is 0 Å². The largest absolute Gasteiger partial charge is 0.325 e. The van der Waals surface area contributed by atoms with Gasteiger partial charge >= 0.3 is 0 Å². The van der Waals surface area contributed by atoms with Crippen LogP contribution in [-0.2, 0) is 6.54 Å². The van der Waals surface area contributed by atoms with Crippen molar-refractivity contribution >= 4 is 0 Å². The molecule has 124 valence electrons. The van der Waals surface area contributed by atoms with E-state index in [1.807, 2.05) is 31.2 Å². The minimum atomic E-state index is -0.308. The van der Waals surface area contributed by atoms with E-state index in [1.165, 1.54) is 31.2 Å². The summed E-state index contributed by atoms with van der Waals surface area (Å²) in [5, 5.41) is 9.42. The molecule has 0 radical (unpaired) electrons. The maximum Gasteiger partial charge on any atom is 0.266 e. The first-order valence-electron chi connectivity index (χ1n) is 8.63. The lowest BCUT2D eigenvalue weighted by Gasteiger charge is -2.22. The number of hydrogen-bond acceptors (Lipinski definition) is 3. The van der Waals surface area contributed by atoms with Crippen LogP contribution in [0.15, 0.2) is 35.1 Å². The van der Waals surface area contributed by atoms with E-state index >= 15 is 0 Å². The number of nitriles is 1. The van der Waals surface area contributed by atoms with Crippen LogP contribution in [0.5, 0.6) is 0 Å². The third kappa shape index (κ3) is 3.58. The van der Waals surface area contributed by atoms with Gasteiger partial charge in [-0.1, -0.05) is 37.1 Å². The molecule has 3 rings (SSSR count). The molecule has 0 bridgehead atoms. The molecule has 24 heavy (non-hydrogen) atoms. The summed E-state index contributed by atoms with van der Waals surface area (Å²) in [5.74, 6) is 0. The van der Waals surface area contributed by atoms with Gasteiger partial charge in [-0.25, -0.2) is 0 Å². The van der Waals surface area contributed by atoms with Gasteiger partial charge in [-0.15, -0.1) is 0 Å². The Morgan fingerprint density at radius 3 is 2.54 bits per heavy atom. The minimum absolute atomic E-state index is 0.198. The van der Waals surface area contributed by atoms with E-state index in [1.54, 1.807) is 0 Å².